The zero-order valence-corrected chi connectivity index (χ0v) is 15.7. The Labute approximate surface area is 163 Å². The molecule has 0 spiro atoms. The van der Waals surface area contributed by atoms with Gasteiger partial charge in [0.2, 0.25) is 5.91 Å². The van der Waals surface area contributed by atoms with Crippen molar-refractivity contribution in [2.24, 2.45) is 4.99 Å². The van der Waals surface area contributed by atoms with E-state index in [-0.39, 0.29) is 11.6 Å². The van der Waals surface area contributed by atoms with Crippen LogP contribution in [0.15, 0.2) is 47.7 Å². The lowest BCUT2D eigenvalue weighted by molar-refractivity contribution is -0.128. The summed E-state index contributed by atoms with van der Waals surface area (Å²) in [5.41, 5.74) is 0.733. The maximum atomic E-state index is 14.0. The second-order valence-electron chi connectivity index (χ2n) is 6.35. The zero-order valence-electron chi connectivity index (χ0n) is 15.7. The quantitative estimate of drug-likeness (QED) is 0.643. The largest absolute Gasteiger partial charge is 0.492 e. The van der Waals surface area contributed by atoms with Crippen LogP contribution in [0.5, 0.6) is 17.2 Å². The van der Waals surface area contributed by atoms with E-state index in [4.69, 9.17) is 9.47 Å². The van der Waals surface area contributed by atoms with Crippen LogP contribution in [0, 0.1) is 6.92 Å². The summed E-state index contributed by atoms with van der Waals surface area (Å²) >= 11 is 0. The predicted octanol–water partition coefficient (Wildman–Crippen LogP) is 4.15. The number of aliphatic imine (C=N–C) groups is 1. The number of carbonyl (C=O) groups excluding carboxylic acids is 1. The Balaban J connectivity index is 1.60. The highest BCUT2D eigenvalue weighted by Crippen LogP contribution is 2.30. The van der Waals surface area contributed by atoms with Crippen molar-refractivity contribution < 1.29 is 18.7 Å². The van der Waals surface area contributed by atoms with Crippen molar-refractivity contribution in [3.05, 3.63) is 54.0 Å². The Morgan fingerprint density at radius 3 is 2.75 bits per heavy atom. The van der Waals surface area contributed by atoms with E-state index in [1.807, 2.05) is 4.90 Å². The summed E-state index contributed by atoms with van der Waals surface area (Å²) in [6, 6.07) is 8.80. The van der Waals surface area contributed by atoms with E-state index in [9.17, 15) is 9.18 Å². The Morgan fingerprint density at radius 2 is 2.07 bits per heavy atom. The molecular weight excluding hydrogens is 361 g/mol. The summed E-state index contributed by atoms with van der Waals surface area (Å²) in [5.74, 6) is 1.40. The molecule has 0 N–H and O–H groups in total. The predicted molar refractivity (Wildman–Crippen MR) is 105 cm³/mol. The first-order valence-corrected chi connectivity index (χ1v) is 9.04. The molecule has 146 valence electrons. The van der Waals surface area contributed by atoms with E-state index in [2.05, 4.69) is 16.7 Å². The van der Waals surface area contributed by atoms with Crippen LogP contribution in [-0.4, -0.2) is 42.2 Å². The Morgan fingerprint density at radius 1 is 1.32 bits per heavy atom. The zero-order chi connectivity index (χ0) is 19.9. The average Bonchev–Trinajstić information content (AvgIpc) is 3.10. The summed E-state index contributed by atoms with van der Waals surface area (Å²) in [5, 5.41) is 0. The van der Waals surface area contributed by atoms with Gasteiger partial charge >= 0.3 is 0 Å². The van der Waals surface area contributed by atoms with Crippen LogP contribution in [0.1, 0.15) is 24.1 Å². The molecule has 0 aliphatic carbocycles. The van der Waals surface area contributed by atoms with Gasteiger partial charge in [-0.3, -0.25) is 14.8 Å². The summed E-state index contributed by atoms with van der Waals surface area (Å²) in [4.78, 5) is 20.8. The van der Waals surface area contributed by atoms with Crippen molar-refractivity contribution in [2.45, 2.75) is 19.8 Å². The molecule has 6 nitrogen and oxygen atoms in total. The van der Waals surface area contributed by atoms with Gasteiger partial charge in [0, 0.05) is 24.7 Å². The van der Waals surface area contributed by atoms with Gasteiger partial charge in [0.25, 0.3) is 0 Å². The second-order valence-corrected chi connectivity index (χ2v) is 6.35. The third-order valence-electron chi connectivity index (χ3n) is 4.44. The van der Waals surface area contributed by atoms with Crippen LogP contribution < -0.4 is 9.47 Å². The van der Waals surface area contributed by atoms with Gasteiger partial charge in [0.05, 0.1) is 12.7 Å². The minimum atomic E-state index is -0.571. The molecule has 1 aliphatic rings. The fourth-order valence-corrected chi connectivity index (χ4v) is 2.96. The molecule has 1 amide bonds. The number of likely N-dealkylation sites (tertiary alicyclic amines) is 1. The number of hydrogen-bond acceptors (Lipinski definition) is 5. The van der Waals surface area contributed by atoms with Crippen molar-refractivity contribution in [1.82, 2.24) is 9.88 Å². The van der Waals surface area contributed by atoms with Gasteiger partial charge < -0.3 is 14.4 Å². The number of ether oxygens (including phenoxy) is 2. The van der Waals surface area contributed by atoms with Gasteiger partial charge in [-0.05, 0) is 50.4 Å². The molecule has 1 fully saturated rings. The van der Waals surface area contributed by atoms with Crippen LogP contribution in [0.4, 0.5) is 4.39 Å². The first-order valence-electron chi connectivity index (χ1n) is 9.04. The van der Waals surface area contributed by atoms with Crippen LogP contribution in [0.25, 0.3) is 5.83 Å². The normalized spacial score (nSPS) is 14.3. The van der Waals surface area contributed by atoms with E-state index in [0.717, 1.165) is 19.2 Å². The molecular formula is C21H22FN3O3. The van der Waals surface area contributed by atoms with Gasteiger partial charge in [-0.25, -0.2) is 4.39 Å². The molecule has 28 heavy (non-hydrogen) atoms. The molecule has 0 unspecified atom stereocenters. The van der Waals surface area contributed by atoms with E-state index in [1.54, 1.807) is 37.3 Å². The van der Waals surface area contributed by atoms with Crippen molar-refractivity contribution in [2.75, 3.05) is 19.7 Å². The standard InChI is InChI=1S/C21H22FN3O3/c1-15-19(9-10-24-21(15)18(22)14-23-2)28-17-7-5-16(6-8-17)27-13-12-25-11-3-4-20(25)26/h5-10,14H,2-4,11-13H2,1H3/b18-14+. The minimum Gasteiger partial charge on any atom is -0.492 e. The number of amides is 1. The van der Waals surface area contributed by atoms with Gasteiger partial charge in [-0.2, -0.15) is 0 Å². The maximum Gasteiger partial charge on any atom is 0.222 e. The molecule has 3 rings (SSSR count). The summed E-state index contributed by atoms with van der Waals surface area (Å²) in [7, 11) is 0. The number of carbonyl (C=O) groups is 1. The lowest BCUT2D eigenvalue weighted by Crippen LogP contribution is -2.29. The molecule has 1 aromatic carbocycles. The molecule has 1 aromatic heterocycles. The molecule has 2 aromatic rings. The number of rotatable bonds is 8. The number of aromatic nitrogens is 1. The summed E-state index contributed by atoms with van der Waals surface area (Å²) in [6.45, 7) is 6.82. The van der Waals surface area contributed by atoms with Crippen molar-refractivity contribution in [3.8, 4) is 17.2 Å². The summed E-state index contributed by atoms with van der Waals surface area (Å²) in [6.07, 6.45) is 4.04. The molecule has 2 heterocycles. The SMILES string of the molecule is C=N/C=C(/F)c1nccc(Oc2ccc(OCCN3CCCC3=O)cc2)c1C. The maximum absolute atomic E-state index is 14.0. The topological polar surface area (TPSA) is 64.0 Å². The monoisotopic (exact) mass is 383 g/mol. The van der Waals surface area contributed by atoms with E-state index >= 15 is 0 Å². The highest BCUT2D eigenvalue weighted by Gasteiger charge is 2.19. The fraction of sp³-hybridized carbons (Fsp3) is 0.286. The first-order chi connectivity index (χ1) is 13.6. The second kappa shape index (κ2) is 9.12. The number of nitrogens with zero attached hydrogens (tertiary/aromatic N) is 3. The van der Waals surface area contributed by atoms with Crippen molar-refractivity contribution in [3.63, 3.8) is 0 Å². The lowest BCUT2D eigenvalue weighted by atomic mass is 10.2. The number of pyridine rings is 1. The smallest absolute Gasteiger partial charge is 0.222 e. The third-order valence-corrected chi connectivity index (χ3v) is 4.44. The molecule has 1 saturated heterocycles. The molecule has 7 heteroatoms. The molecule has 1 aliphatic heterocycles. The van der Waals surface area contributed by atoms with E-state index in [1.165, 1.54) is 6.20 Å². The van der Waals surface area contributed by atoms with Gasteiger partial charge in [-0.1, -0.05) is 0 Å². The van der Waals surface area contributed by atoms with Crippen LogP contribution in [-0.2, 0) is 4.79 Å². The highest BCUT2D eigenvalue weighted by atomic mass is 19.1. The van der Waals surface area contributed by atoms with Crippen LogP contribution >= 0.6 is 0 Å². The first kappa shape index (κ1) is 19.5. The minimum absolute atomic E-state index is 0.168. The van der Waals surface area contributed by atoms with Crippen molar-refractivity contribution >= 4 is 18.5 Å². The highest BCUT2D eigenvalue weighted by molar-refractivity contribution is 5.78. The van der Waals surface area contributed by atoms with Crippen LogP contribution in [0.3, 0.4) is 0 Å². The fourth-order valence-electron chi connectivity index (χ4n) is 2.96. The van der Waals surface area contributed by atoms with Gasteiger partial charge in [-0.15, -0.1) is 0 Å². The molecule has 0 saturated carbocycles. The van der Waals surface area contributed by atoms with E-state index < -0.39 is 5.83 Å². The lowest BCUT2D eigenvalue weighted by Gasteiger charge is -2.16. The molecule has 0 bridgehead atoms. The number of hydrogen-bond donors (Lipinski definition) is 0. The number of benzene rings is 1. The third kappa shape index (κ3) is 4.73. The van der Waals surface area contributed by atoms with Gasteiger partial charge in [0.1, 0.15) is 29.5 Å². The Hall–Kier alpha value is -3.22. The number of halogens is 1. The average molecular weight is 383 g/mol. The molecule has 0 atom stereocenters. The van der Waals surface area contributed by atoms with E-state index in [0.29, 0.717) is 42.4 Å². The van der Waals surface area contributed by atoms with Crippen LogP contribution in [0.2, 0.25) is 0 Å². The summed E-state index contributed by atoms with van der Waals surface area (Å²) < 4.78 is 25.5. The molecule has 0 radical (unpaired) electrons. The Kier molecular flexibility index (Phi) is 6.37. The van der Waals surface area contributed by atoms with Crippen molar-refractivity contribution in [1.29, 1.82) is 0 Å². The Bertz CT molecular complexity index is 881. The van der Waals surface area contributed by atoms with Gasteiger partial charge in [0.15, 0.2) is 5.83 Å².